The molecule has 0 atom stereocenters. The molecule has 3 aliphatic heterocycles. The zero-order valence-corrected chi connectivity index (χ0v) is 15.9. The van der Waals surface area contributed by atoms with E-state index in [0.29, 0.717) is 37.6 Å². The number of β-amino-alcohol motifs (C(OH)–C–C–N with tert-alkyl or cyclic N) is 1. The average molecular weight is 400 g/mol. The van der Waals surface area contributed by atoms with E-state index in [9.17, 15) is 13.9 Å². The van der Waals surface area contributed by atoms with E-state index in [1.54, 1.807) is 4.90 Å². The van der Waals surface area contributed by atoms with E-state index in [4.69, 9.17) is 4.74 Å². The lowest BCUT2D eigenvalue weighted by Gasteiger charge is -2.46. The van der Waals surface area contributed by atoms with Gasteiger partial charge in [-0.2, -0.15) is 8.78 Å². The monoisotopic (exact) mass is 400 g/mol. The Balaban J connectivity index is 1.47. The van der Waals surface area contributed by atoms with Crippen molar-refractivity contribution in [3.05, 3.63) is 40.6 Å². The van der Waals surface area contributed by atoms with Crippen molar-refractivity contribution in [3.8, 4) is 11.3 Å². The summed E-state index contributed by atoms with van der Waals surface area (Å²) in [6, 6.07) is 6.18. The molecule has 2 saturated heterocycles. The van der Waals surface area contributed by atoms with Crippen molar-refractivity contribution in [2.75, 3.05) is 37.7 Å². The van der Waals surface area contributed by atoms with Crippen LogP contribution in [0.4, 0.5) is 14.7 Å². The first-order chi connectivity index (χ1) is 14.0. The van der Waals surface area contributed by atoms with Crippen molar-refractivity contribution in [1.29, 1.82) is 0 Å². The summed E-state index contributed by atoms with van der Waals surface area (Å²) in [7, 11) is 0. The number of nitrogens with one attached hydrogen (secondary N) is 1. The number of alkyl halides is 2. The summed E-state index contributed by atoms with van der Waals surface area (Å²) in [4.78, 5) is 10.7. The zero-order valence-electron chi connectivity index (χ0n) is 15.9. The van der Waals surface area contributed by atoms with E-state index >= 15 is 0 Å². The predicted molar refractivity (Wildman–Crippen MR) is 102 cm³/mol. The van der Waals surface area contributed by atoms with Crippen LogP contribution in [0.3, 0.4) is 0 Å². The van der Waals surface area contributed by atoms with Gasteiger partial charge in [-0.25, -0.2) is 9.97 Å². The standard InChI is InChI=1S/C21H22F2N4O2/c22-21(23)5-3-15-17(25-19(26-18(15)21)27-8-14(28)9-27)13-1-2-16-12(7-13)4-6-24-20(16)10-29-11-20/h1-2,7,14,24,28H,3-6,8-11H2. The molecule has 1 spiro atoms. The van der Waals surface area contributed by atoms with E-state index < -0.39 is 12.0 Å². The van der Waals surface area contributed by atoms with Gasteiger partial charge in [-0.05, 0) is 30.0 Å². The number of aliphatic hydroxyl groups is 1. The second-order valence-corrected chi connectivity index (χ2v) is 8.59. The number of hydrogen-bond acceptors (Lipinski definition) is 6. The fourth-order valence-corrected chi connectivity index (χ4v) is 4.92. The van der Waals surface area contributed by atoms with E-state index in [2.05, 4.69) is 27.4 Å². The Bertz CT molecular complexity index is 1000. The minimum absolute atomic E-state index is 0.105. The largest absolute Gasteiger partial charge is 0.389 e. The highest BCUT2D eigenvalue weighted by atomic mass is 19.3. The number of rotatable bonds is 2. The number of hydrogen-bond donors (Lipinski definition) is 2. The number of aromatic nitrogens is 2. The molecule has 29 heavy (non-hydrogen) atoms. The minimum Gasteiger partial charge on any atom is -0.389 e. The molecule has 1 aromatic heterocycles. The molecule has 0 saturated carbocycles. The van der Waals surface area contributed by atoms with Crippen LogP contribution in [0, 0.1) is 0 Å². The average Bonchev–Trinajstić information content (AvgIpc) is 2.97. The van der Waals surface area contributed by atoms with E-state index in [0.717, 1.165) is 18.5 Å². The highest BCUT2D eigenvalue weighted by Crippen LogP contribution is 2.45. The van der Waals surface area contributed by atoms with Gasteiger partial charge in [0.15, 0.2) is 0 Å². The first-order valence-corrected chi connectivity index (χ1v) is 10.1. The summed E-state index contributed by atoms with van der Waals surface area (Å²) in [6.45, 7) is 2.95. The maximum absolute atomic E-state index is 14.5. The fraction of sp³-hybridized carbons (Fsp3) is 0.524. The first-order valence-electron chi connectivity index (χ1n) is 10.1. The summed E-state index contributed by atoms with van der Waals surface area (Å²) in [5.41, 5.74) is 4.22. The van der Waals surface area contributed by atoms with Crippen LogP contribution < -0.4 is 10.2 Å². The van der Waals surface area contributed by atoms with Crippen LogP contribution in [0.2, 0.25) is 0 Å². The summed E-state index contributed by atoms with van der Waals surface area (Å²) in [6.07, 6.45) is 0.481. The van der Waals surface area contributed by atoms with Gasteiger partial charge in [-0.15, -0.1) is 0 Å². The molecular weight excluding hydrogens is 378 g/mol. The van der Waals surface area contributed by atoms with Gasteiger partial charge in [0.25, 0.3) is 5.92 Å². The summed E-state index contributed by atoms with van der Waals surface area (Å²) < 4.78 is 34.5. The molecule has 0 unspecified atom stereocenters. The second kappa shape index (κ2) is 5.93. The van der Waals surface area contributed by atoms with Gasteiger partial charge in [0.2, 0.25) is 5.95 Å². The Hall–Kier alpha value is -2.16. The van der Waals surface area contributed by atoms with Crippen LogP contribution in [0.1, 0.15) is 28.8 Å². The molecule has 2 N–H and O–H groups in total. The van der Waals surface area contributed by atoms with Crippen molar-refractivity contribution in [2.45, 2.75) is 36.8 Å². The fourth-order valence-electron chi connectivity index (χ4n) is 4.92. The molecule has 4 aliphatic rings. The van der Waals surface area contributed by atoms with E-state index in [1.165, 1.54) is 11.1 Å². The quantitative estimate of drug-likeness (QED) is 0.800. The molecule has 152 valence electrons. The normalized spacial score (nSPS) is 24.0. The van der Waals surface area contributed by atoms with Gasteiger partial charge >= 0.3 is 0 Å². The van der Waals surface area contributed by atoms with Crippen molar-refractivity contribution in [3.63, 3.8) is 0 Å². The summed E-state index contributed by atoms with van der Waals surface area (Å²) in [5.74, 6) is -2.65. The molecule has 6 rings (SSSR count). The Morgan fingerprint density at radius 2 is 2.00 bits per heavy atom. The third-order valence-electron chi connectivity index (χ3n) is 6.62. The summed E-state index contributed by atoms with van der Waals surface area (Å²) in [5, 5.41) is 13.2. The summed E-state index contributed by atoms with van der Waals surface area (Å²) >= 11 is 0. The van der Waals surface area contributed by atoms with Crippen LogP contribution in [-0.4, -0.2) is 54.0 Å². The van der Waals surface area contributed by atoms with E-state index in [1.807, 2.05) is 6.07 Å². The van der Waals surface area contributed by atoms with Gasteiger partial charge in [-0.3, -0.25) is 0 Å². The molecule has 0 bridgehead atoms. The lowest BCUT2D eigenvalue weighted by Crippen LogP contribution is -2.60. The van der Waals surface area contributed by atoms with Crippen LogP contribution in [-0.2, 0) is 29.0 Å². The Morgan fingerprint density at radius 3 is 2.72 bits per heavy atom. The van der Waals surface area contributed by atoms with Crippen molar-refractivity contribution in [2.24, 2.45) is 0 Å². The van der Waals surface area contributed by atoms with Crippen molar-refractivity contribution in [1.82, 2.24) is 15.3 Å². The number of anilines is 1. The number of benzene rings is 1. The van der Waals surface area contributed by atoms with Gasteiger partial charge in [0, 0.05) is 37.2 Å². The molecule has 4 heterocycles. The maximum atomic E-state index is 14.5. The smallest absolute Gasteiger partial charge is 0.290 e. The van der Waals surface area contributed by atoms with Gasteiger partial charge in [0.1, 0.15) is 5.69 Å². The molecule has 1 aliphatic carbocycles. The Morgan fingerprint density at radius 1 is 1.17 bits per heavy atom. The van der Waals surface area contributed by atoms with Gasteiger partial charge < -0.3 is 20.1 Å². The van der Waals surface area contributed by atoms with Crippen LogP contribution in [0.5, 0.6) is 0 Å². The first kappa shape index (κ1) is 17.7. The van der Waals surface area contributed by atoms with Crippen molar-refractivity contribution < 1.29 is 18.6 Å². The van der Waals surface area contributed by atoms with Gasteiger partial charge in [0.05, 0.1) is 30.6 Å². The van der Waals surface area contributed by atoms with E-state index in [-0.39, 0.29) is 30.0 Å². The predicted octanol–water partition coefficient (Wildman–Crippen LogP) is 1.73. The Kier molecular flexibility index (Phi) is 3.62. The molecular formula is C21H22F2N4O2. The topological polar surface area (TPSA) is 70.5 Å². The zero-order chi connectivity index (χ0) is 19.8. The van der Waals surface area contributed by atoms with Crippen LogP contribution >= 0.6 is 0 Å². The molecule has 2 aromatic rings. The van der Waals surface area contributed by atoms with Gasteiger partial charge in [-0.1, -0.05) is 12.1 Å². The Labute approximate surface area is 166 Å². The molecule has 1 aromatic carbocycles. The maximum Gasteiger partial charge on any atom is 0.290 e. The second-order valence-electron chi connectivity index (χ2n) is 8.59. The number of aliphatic hydroxyl groups excluding tert-OH is 1. The number of ether oxygens (including phenoxy) is 1. The number of nitrogens with zero attached hydrogens (tertiary/aromatic N) is 3. The third-order valence-corrected chi connectivity index (χ3v) is 6.62. The highest BCUT2D eigenvalue weighted by Gasteiger charge is 2.45. The lowest BCUT2D eigenvalue weighted by molar-refractivity contribution is -0.0814. The molecule has 0 amide bonds. The molecule has 2 fully saturated rings. The lowest BCUT2D eigenvalue weighted by atomic mass is 9.80. The van der Waals surface area contributed by atoms with Crippen LogP contribution in [0.15, 0.2) is 18.2 Å². The SMILES string of the molecule is OC1CN(c2nc(-c3ccc4c(c3)CCNC43COC3)c3c(n2)C(F)(F)CC3)C1. The number of halogens is 2. The minimum atomic E-state index is -2.93. The highest BCUT2D eigenvalue weighted by molar-refractivity contribution is 5.69. The van der Waals surface area contributed by atoms with Crippen molar-refractivity contribution >= 4 is 5.95 Å². The molecule has 0 radical (unpaired) electrons. The molecule has 8 heteroatoms. The van der Waals surface area contributed by atoms with Crippen LogP contribution in [0.25, 0.3) is 11.3 Å². The number of fused-ring (bicyclic) bond motifs is 3. The third kappa shape index (κ3) is 2.55. The molecule has 6 nitrogen and oxygen atoms in total.